The topological polar surface area (TPSA) is 39.7 Å². The Kier molecular flexibility index (Phi) is 6.72. The van der Waals surface area contributed by atoms with Gasteiger partial charge < -0.3 is 10.6 Å². The molecule has 2 atom stereocenters. The summed E-state index contributed by atoms with van der Waals surface area (Å²) in [6.45, 7) is 9.91. The standard InChI is InChI=1S/C18H29ClN4/c1-13(2)23-11-14(3)17(12-23)22-18(20-4)21-10-9-15-5-7-16(19)8-6-15/h5-8,13-14,17H,9-12H2,1-4H3,(H2,20,21,22). The van der Waals surface area contributed by atoms with Crippen LogP contribution in [-0.2, 0) is 6.42 Å². The van der Waals surface area contributed by atoms with Crippen molar-refractivity contribution in [2.75, 3.05) is 26.7 Å². The summed E-state index contributed by atoms with van der Waals surface area (Å²) in [6.07, 6.45) is 0.955. The highest BCUT2D eigenvalue weighted by Crippen LogP contribution is 2.18. The zero-order valence-electron chi connectivity index (χ0n) is 14.6. The fourth-order valence-corrected chi connectivity index (χ4v) is 3.09. The zero-order chi connectivity index (χ0) is 16.8. The minimum absolute atomic E-state index is 0.458. The van der Waals surface area contributed by atoms with Gasteiger partial charge >= 0.3 is 0 Å². The second-order valence-corrected chi connectivity index (χ2v) is 7.09. The smallest absolute Gasteiger partial charge is 0.191 e. The molecule has 0 aliphatic carbocycles. The number of halogens is 1. The van der Waals surface area contributed by atoms with E-state index in [4.69, 9.17) is 11.6 Å². The average Bonchev–Trinajstić information content (AvgIpc) is 2.89. The van der Waals surface area contributed by atoms with Gasteiger partial charge in [-0.15, -0.1) is 0 Å². The highest BCUT2D eigenvalue weighted by atomic mass is 35.5. The van der Waals surface area contributed by atoms with Crippen molar-refractivity contribution in [3.63, 3.8) is 0 Å². The molecule has 128 valence electrons. The molecule has 2 rings (SSSR count). The molecular weight excluding hydrogens is 308 g/mol. The van der Waals surface area contributed by atoms with Gasteiger partial charge in [-0.05, 0) is 43.9 Å². The lowest BCUT2D eigenvalue weighted by Gasteiger charge is -2.22. The number of hydrogen-bond donors (Lipinski definition) is 2. The van der Waals surface area contributed by atoms with Gasteiger partial charge in [-0.25, -0.2) is 0 Å². The molecule has 1 aromatic rings. The molecule has 0 spiro atoms. The van der Waals surface area contributed by atoms with Crippen LogP contribution in [0.5, 0.6) is 0 Å². The van der Waals surface area contributed by atoms with Gasteiger partial charge in [0, 0.05) is 43.8 Å². The Labute approximate surface area is 145 Å². The summed E-state index contributed by atoms with van der Waals surface area (Å²) in [7, 11) is 1.83. The van der Waals surface area contributed by atoms with Crippen LogP contribution in [0, 0.1) is 5.92 Å². The van der Waals surface area contributed by atoms with Gasteiger partial charge in [-0.3, -0.25) is 9.89 Å². The van der Waals surface area contributed by atoms with Gasteiger partial charge in [0.05, 0.1) is 0 Å². The Balaban J connectivity index is 1.78. The number of nitrogens with one attached hydrogen (secondary N) is 2. The lowest BCUT2D eigenvalue weighted by Crippen LogP contribution is -2.47. The van der Waals surface area contributed by atoms with Crippen molar-refractivity contribution < 1.29 is 0 Å². The molecule has 1 aliphatic heterocycles. The molecule has 2 N–H and O–H groups in total. The van der Waals surface area contributed by atoms with E-state index in [1.807, 2.05) is 19.2 Å². The molecule has 1 aliphatic rings. The van der Waals surface area contributed by atoms with Gasteiger partial charge in [-0.1, -0.05) is 30.7 Å². The van der Waals surface area contributed by atoms with E-state index in [9.17, 15) is 0 Å². The first-order valence-corrected chi connectivity index (χ1v) is 8.83. The van der Waals surface area contributed by atoms with Gasteiger partial charge in [0.25, 0.3) is 0 Å². The molecule has 0 bridgehead atoms. The largest absolute Gasteiger partial charge is 0.356 e. The molecule has 23 heavy (non-hydrogen) atoms. The highest BCUT2D eigenvalue weighted by Gasteiger charge is 2.31. The molecule has 0 radical (unpaired) electrons. The summed E-state index contributed by atoms with van der Waals surface area (Å²) in [5, 5.41) is 7.76. The third kappa shape index (κ3) is 5.40. The Bertz CT molecular complexity index is 512. The SMILES string of the molecule is CN=C(NCCc1ccc(Cl)cc1)NC1CN(C(C)C)CC1C. The second-order valence-electron chi connectivity index (χ2n) is 6.65. The van der Waals surface area contributed by atoms with Crippen molar-refractivity contribution in [1.82, 2.24) is 15.5 Å². The lowest BCUT2D eigenvalue weighted by molar-refractivity contribution is 0.265. The summed E-state index contributed by atoms with van der Waals surface area (Å²) in [5.41, 5.74) is 1.28. The van der Waals surface area contributed by atoms with Gasteiger partial charge in [0.2, 0.25) is 0 Å². The van der Waals surface area contributed by atoms with Crippen LogP contribution in [0.15, 0.2) is 29.3 Å². The van der Waals surface area contributed by atoms with Crippen molar-refractivity contribution in [3.05, 3.63) is 34.9 Å². The number of rotatable bonds is 5. The maximum atomic E-state index is 5.91. The molecule has 0 saturated carbocycles. The minimum Gasteiger partial charge on any atom is -0.356 e. The third-order valence-electron chi connectivity index (χ3n) is 4.54. The van der Waals surface area contributed by atoms with E-state index in [0.717, 1.165) is 37.0 Å². The number of aliphatic imine (C=N–C) groups is 1. The third-order valence-corrected chi connectivity index (χ3v) is 4.79. The Morgan fingerprint density at radius 2 is 2.00 bits per heavy atom. The summed E-state index contributed by atoms with van der Waals surface area (Å²) in [6, 6.07) is 9.07. The summed E-state index contributed by atoms with van der Waals surface area (Å²) >= 11 is 5.91. The van der Waals surface area contributed by atoms with E-state index in [2.05, 4.69) is 53.4 Å². The van der Waals surface area contributed by atoms with E-state index in [1.165, 1.54) is 5.56 Å². The van der Waals surface area contributed by atoms with Gasteiger partial charge in [0.15, 0.2) is 5.96 Å². The molecule has 2 unspecified atom stereocenters. The molecule has 1 saturated heterocycles. The monoisotopic (exact) mass is 336 g/mol. The van der Waals surface area contributed by atoms with Crippen molar-refractivity contribution in [3.8, 4) is 0 Å². The van der Waals surface area contributed by atoms with Crippen LogP contribution in [0.4, 0.5) is 0 Å². The van der Waals surface area contributed by atoms with Crippen LogP contribution in [-0.4, -0.2) is 49.6 Å². The minimum atomic E-state index is 0.458. The number of likely N-dealkylation sites (tertiary alicyclic amines) is 1. The molecule has 1 fully saturated rings. The van der Waals surface area contributed by atoms with Crippen LogP contribution >= 0.6 is 11.6 Å². The molecule has 0 amide bonds. The van der Waals surface area contributed by atoms with E-state index in [0.29, 0.717) is 18.0 Å². The molecule has 5 heteroatoms. The van der Waals surface area contributed by atoms with Crippen LogP contribution < -0.4 is 10.6 Å². The number of benzene rings is 1. The van der Waals surface area contributed by atoms with E-state index >= 15 is 0 Å². The maximum Gasteiger partial charge on any atom is 0.191 e. The highest BCUT2D eigenvalue weighted by molar-refractivity contribution is 6.30. The molecule has 1 aromatic carbocycles. The van der Waals surface area contributed by atoms with Crippen molar-refractivity contribution in [2.24, 2.45) is 10.9 Å². The van der Waals surface area contributed by atoms with Crippen LogP contribution in [0.1, 0.15) is 26.3 Å². The maximum absolute atomic E-state index is 5.91. The van der Waals surface area contributed by atoms with E-state index in [1.54, 1.807) is 0 Å². The Morgan fingerprint density at radius 3 is 2.57 bits per heavy atom. The summed E-state index contributed by atoms with van der Waals surface area (Å²) in [4.78, 5) is 6.87. The number of nitrogens with zero attached hydrogens (tertiary/aromatic N) is 2. The summed E-state index contributed by atoms with van der Waals surface area (Å²) in [5.74, 6) is 1.52. The van der Waals surface area contributed by atoms with E-state index < -0.39 is 0 Å². The van der Waals surface area contributed by atoms with Crippen molar-refractivity contribution in [2.45, 2.75) is 39.3 Å². The normalized spacial score (nSPS) is 22.6. The second kappa shape index (κ2) is 8.55. The first kappa shape index (κ1) is 18.1. The quantitative estimate of drug-likeness (QED) is 0.641. The number of hydrogen-bond acceptors (Lipinski definition) is 2. The van der Waals surface area contributed by atoms with Gasteiger partial charge in [-0.2, -0.15) is 0 Å². The fourth-order valence-electron chi connectivity index (χ4n) is 2.96. The molecule has 4 nitrogen and oxygen atoms in total. The predicted molar refractivity (Wildman–Crippen MR) is 99.3 cm³/mol. The van der Waals surface area contributed by atoms with Crippen molar-refractivity contribution >= 4 is 17.6 Å². The average molecular weight is 337 g/mol. The number of guanidine groups is 1. The van der Waals surface area contributed by atoms with Crippen LogP contribution in [0.2, 0.25) is 5.02 Å². The first-order chi connectivity index (χ1) is 11.0. The summed E-state index contributed by atoms with van der Waals surface area (Å²) < 4.78 is 0. The molecule has 1 heterocycles. The Morgan fingerprint density at radius 1 is 1.30 bits per heavy atom. The first-order valence-electron chi connectivity index (χ1n) is 8.45. The Hall–Kier alpha value is -1.26. The molecular formula is C18H29ClN4. The van der Waals surface area contributed by atoms with Crippen LogP contribution in [0.3, 0.4) is 0 Å². The molecule has 0 aromatic heterocycles. The fraction of sp³-hybridized carbons (Fsp3) is 0.611. The lowest BCUT2D eigenvalue weighted by atomic mass is 10.1. The zero-order valence-corrected chi connectivity index (χ0v) is 15.4. The van der Waals surface area contributed by atoms with Crippen LogP contribution in [0.25, 0.3) is 0 Å². The van der Waals surface area contributed by atoms with Crippen molar-refractivity contribution in [1.29, 1.82) is 0 Å². The van der Waals surface area contributed by atoms with E-state index in [-0.39, 0.29) is 0 Å². The van der Waals surface area contributed by atoms with Gasteiger partial charge in [0.1, 0.15) is 0 Å². The predicted octanol–water partition coefficient (Wildman–Crippen LogP) is 2.78.